The Bertz CT molecular complexity index is 313. The Labute approximate surface area is 60.3 Å². The van der Waals surface area contributed by atoms with E-state index >= 15 is 0 Å². The molecule has 0 spiro atoms. The van der Waals surface area contributed by atoms with Crippen LogP contribution in [-0.2, 0) is 3.74 Å². The Morgan fingerprint density at radius 2 is 2.12 bits per heavy atom. The van der Waals surface area contributed by atoms with E-state index in [0.717, 1.165) is 6.07 Å². The summed E-state index contributed by atoms with van der Waals surface area (Å²) >= 11 is -1.50. The summed E-state index contributed by atoms with van der Waals surface area (Å²) in [6.07, 6.45) is 0. The molecule has 0 aliphatic rings. The van der Waals surface area contributed by atoms with Crippen LogP contribution in [0.5, 0.6) is 0 Å². The first-order chi connectivity index (χ1) is 5.57. The van der Waals surface area contributed by atoms with Gasteiger partial charge in [0.05, 0.1) is 0 Å². The molecule has 8 heavy (non-hydrogen) atoms. The molecule has 2 heteroatoms. The van der Waals surface area contributed by atoms with E-state index in [0.29, 0.717) is 0 Å². The quantitative estimate of drug-likeness (QED) is 0.559. The minimum atomic E-state index is -1.50. The van der Waals surface area contributed by atoms with Gasteiger partial charge in [-0.05, 0) is 0 Å². The first kappa shape index (κ1) is 2.45. The molecule has 0 heterocycles. The molecule has 0 saturated carbocycles. The molecule has 1 nitrogen and oxygen atoms in total. The van der Waals surface area contributed by atoms with Gasteiger partial charge in [-0.15, -0.1) is 0 Å². The van der Waals surface area contributed by atoms with Crippen LogP contribution in [0.1, 0.15) is 5.48 Å². The van der Waals surface area contributed by atoms with Gasteiger partial charge in [0.15, 0.2) is 0 Å². The maximum atomic E-state index is 10.6. The third-order valence-electron chi connectivity index (χ3n) is 0.617. The topological polar surface area (TPSA) is 17.1 Å². The van der Waals surface area contributed by atoms with Crippen LogP contribution in [0.3, 0.4) is 0 Å². The fraction of sp³-hybridized carbons (Fsp3) is 0. The van der Waals surface area contributed by atoms with E-state index in [4.69, 9.17) is 5.48 Å². The van der Waals surface area contributed by atoms with Crippen molar-refractivity contribution in [1.82, 2.24) is 0 Å². The van der Waals surface area contributed by atoms with Gasteiger partial charge in [-0.1, -0.05) is 0 Å². The van der Waals surface area contributed by atoms with Gasteiger partial charge in [0, 0.05) is 0 Å². The summed E-state index contributed by atoms with van der Waals surface area (Å²) in [6.45, 7) is 0. The van der Waals surface area contributed by atoms with E-state index in [9.17, 15) is 3.74 Å². The van der Waals surface area contributed by atoms with Crippen LogP contribution in [0.4, 0.5) is 0 Å². The van der Waals surface area contributed by atoms with Gasteiger partial charge in [0.2, 0.25) is 0 Å². The van der Waals surface area contributed by atoms with Crippen molar-refractivity contribution in [2.45, 2.75) is 0 Å². The first-order valence-electron chi connectivity index (χ1n) is 3.98. The molecule has 0 radical (unpaired) electrons. The predicted molar refractivity (Wildman–Crippen MR) is 32.5 cm³/mol. The van der Waals surface area contributed by atoms with Crippen LogP contribution in [0.2, 0.25) is 0 Å². The van der Waals surface area contributed by atoms with E-state index in [1.807, 2.05) is 0 Å². The Morgan fingerprint density at radius 3 is 2.62 bits per heavy atom. The summed E-state index contributed by atoms with van der Waals surface area (Å²) in [6, 6.07) is 0.455. The zero-order chi connectivity index (χ0) is 9.30. The van der Waals surface area contributed by atoms with Crippen molar-refractivity contribution in [2.24, 2.45) is 0 Å². The van der Waals surface area contributed by atoms with Gasteiger partial charge < -0.3 is 0 Å². The SMILES string of the molecule is [2H]c1cc([2H])c([2H])c([As]=O)c1[2H]. The fourth-order valence-corrected chi connectivity index (χ4v) is 0.784. The third-order valence-corrected chi connectivity index (χ3v) is 1.47. The predicted octanol–water partition coefficient (Wildman–Crippen LogP) is 0.362. The molecular weight excluding hydrogens is 163 g/mol. The Morgan fingerprint density at radius 1 is 1.50 bits per heavy atom. The summed E-state index contributed by atoms with van der Waals surface area (Å²) in [4.78, 5) is 0. The Balaban J connectivity index is 3.52. The van der Waals surface area contributed by atoms with E-state index in [1.165, 1.54) is 0 Å². The summed E-state index contributed by atoms with van der Waals surface area (Å²) in [5.41, 5.74) is 0. The molecule has 0 unspecified atom stereocenters. The van der Waals surface area contributed by atoms with Gasteiger partial charge >= 0.3 is 59.5 Å². The van der Waals surface area contributed by atoms with Gasteiger partial charge in [-0.25, -0.2) is 0 Å². The van der Waals surface area contributed by atoms with E-state index < -0.39 is 15.7 Å². The van der Waals surface area contributed by atoms with Gasteiger partial charge in [0.25, 0.3) is 0 Å². The molecular formula is C6H5AsO. The van der Waals surface area contributed by atoms with Crippen LogP contribution >= 0.6 is 0 Å². The van der Waals surface area contributed by atoms with Crippen molar-refractivity contribution in [3.05, 3.63) is 30.2 Å². The van der Waals surface area contributed by atoms with Gasteiger partial charge in [-0.2, -0.15) is 0 Å². The monoisotopic (exact) mass is 172 g/mol. The summed E-state index contributed by atoms with van der Waals surface area (Å²) < 4.78 is 39.5. The van der Waals surface area contributed by atoms with Crippen LogP contribution in [0.15, 0.2) is 30.2 Å². The minimum absolute atomic E-state index is 0.0313. The van der Waals surface area contributed by atoms with Crippen molar-refractivity contribution in [1.29, 1.82) is 0 Å². The van der Waals surface area contributed by atoms with Crippen LogP contribution in [0.25, 0.3) is 0 Å². The summed E-state index contributed by atoms with van der Waals surface area (Å²) in [7, 11) is 0. The molecule has 0 bridgehead atoms. The fourth-order valence-electron chi connectivity index (χ4n) is 0.322. The Kier molecular flexibility index (Phi) is 0.851. The molecule has 0 N–H and O–H groups in total. The van der Waals surface area contributed by atoms with Crippen molar-refractivity contribution < 1.29 is 9.22 Å². The molecule has 1 rings (SSSR count). The average molecular weight is 172 g/mol. The normalized spacial score (nSPS) is 16.5. The molecule has 1 aromatic carbocycles. The van der Waals surface area contributed by atoms with E-state index in [1.54, 1.807) is 0 Å². The average Bonchev–Trinajstić information content (AvgIpc) is 2.02. The van der Waals surface area contributed by atoms with Gasteiger partial charge in [-0.3, -0.25) is 0 Å². The molecule has 0 aliphatic heterocycles. The van der Waals surface area contributed by atoms with E-state index in [-0.39, 0.29) is 28.5 Å². The van der Waals surface area contributed by atoms with Crippen LogP contribution in [-0.4, -0.2) is 15.7 Å². The second kappa shape index (κ2) is 2.78. The molecule has 0 saturated heterocycles. The zero-order valence-electron chi connectivity index (χ0n) is 7.93. The first-order valence-corrected chi connectivity index (χ1v) is 3.69. The molecule has 0 aromatic heterocycles. The molecule has 0 fully saturated rings. The van der Waals surface area contributed by atoms with Crippen LogP contribution in [0, 0.1) is 0 Å². The molecule has 0 aliphatic carbocycles. The second-order valence-electron chi connectivity index (χ2n) is 1.12. The maximum absolute atomic E-state index is 10.6. The molecule has 40 valence electrons. The molecule has 1 aromatic rings. The van der Waals surface area contributed by atoms with Crippen molar-refractivity contribution in [3.8, 4) is 0 Å². The molecule has 0 amide bonds. The number of hydrogen-bond acceptors (Lipinski definition) is 1. The number of rotatable bonds is 1. The summed E-state index contributed by atoms with van der Waals surface area (Å²) in [5.74, 6) is 0. The standard InChI is InChI=1S/C6H5AsO/c8-7-6-4-2-1-3-5-6/h1-5H/i2D,3D,4D,5D. The van der Waals surface area contributed by atoms with Crippen molar-refractivity contribution in [2.75, 3.05) is 0 Å². The zero-order valence-corrected chi connectivity index (χ0v) is 5.81. The third kappa shape index (κ3) is 1.27. The van der Waals surface area contributed by atoms with Crippen molar-refractivity contribution >= 4 is 20.0 Å². The van der Waals surface area contributed by atoms with Crippen LogP contribution < -0.4 is 4.35 Å². The van der Waals surface area contributed by atoms with Crippen molar-refractivity contribution in [3.63, 3.8) is 0 Å². The Hall–Kier alpha value is -0.422. The second-order valence-corrected chi connectivity index (χ2v) is 2.44. The van der Waals surface area contributed by atoms with E-state index in [2.05, 4.69) is 0 Å². The van der Waals surface area contributed by atoms with Gasteiger partial charge in [0.1, 0.15) is 0 Å². The number of benzene rings is 1. The number of hydrogen-bond donors (Lipinski definition) is 0. The summed E-state index contributed by atoms with van der Waals surface area (Å²) in [5, 5.41) is 0. The molecule has 0 atom stereocenters.